The van der Waals surface area contributed by atoms with Crippen molar-refractivity contribution >= 4 is 28.6 Å². The fraction of sp³-hybridized carbons (Fsp3) is 0.769. The monoisotopic (exact) mass is 350 g/mol. The molecule has 0 atom stereocenters. The molecule has 0 spiro atoms. The minimum atomic E-state index is -0.0713. The lowest BCUT2D eigenvalue weighted by atomic mass is 10.1. The molecule has 0 bridgehead atoms. The van der Waals surface area contributed by atoms with E-state index in [2.05, 4.69) is 32.4 Å². The van der Waals surface area contributed by atoms with E-state index in [0.29, 0.717) is 13.0 Å². The first-order valence-electron chi connectivity index (χ1n) is 6.32. The fourth-order valence-corrected chi connectivity index (χ4v) is 2.57. The van der Waals surface area contributed by atoms with Crippen LogP contribution in [0.1, 0.15) is 32.6 Å². The average molecular weight is 350 g/mol. The Morgan fingerprint density at radius 3 is 2.65 bits per heavy atom. The Labute approximate surface area is 118 Å². The number of piperidine rings is 1. The zero-order valence-corrected chi connectivity index (χ0v) is 12.7. The number of rotatable bonds is 5. The van der Waals surface area contributed by atoms with Crippen molar-refractivity contribution in [2.45, 2.75) is 32.6 Å². The number of ether oxygens (including phenoxy) is 1. The van der Waals surface area contributed by atoms with Gasteiger partial charge < -0.3 is 9.22 Å². The van der Waals surface area contributed by atoms with Crippen LogP contribution in [0.5, 0.6) is 0 Å². The van der Waals surface area contributed by atoms with Gasteiger partial charge in [0.05, 0.1) is 32.7 Å². The van der Waals surface area contributed by atoms with Gasteiger partial charge in [-0.25, -0.2) is 0 Å². The van der Waals surface area contributed by atoms with Gasteiger partial charge in [0.25, 0.3) is 0 Å². The average Bonchev–Trinajstić information content (AvgIpc) is 2.36. The standard InChI is InChI=1S/C13H21INO2/c1-2-17-13(16)7-12-15(11-6-8-14)9-4-3-5-10-15/h2-5,7,9-12H2,1H3/q+1. The minimum Gasteiger partial charge on any atom is -0.466 e. The number of carbonyl (C=O) groups excluding carboxylic acids is 1. The summed E-state index contributed by atoms with van der Waals surface area (Å²) in [5.41, 5.74) is 0. The number of hydrogen-bond donors (Lipinski definition) is 0. The zero-order chi connectivity index (χ0) is 12.6. The predicted octanol–water partition coefficient (Wildman–Crippen LogP) is 2.34. The molecule has 0 radical (unpaired) electrons. The van der Waals surface area contributed by atoms with Crippen LogP contribution < -0.4 is 0 Å². The molecule has 1 saturated heterocycles. The Hall–Kier alpha value is -0.280. The van der Waals surface area contributed by atoms with Gasteiger partial charge in [0.1, 0.15) is 6.54 Å². The number of hydrogen-bond acceptors (Lipinski definition) is 2. The molecule has 0 saturated carbocycles. The molecule has 0 aromatic heterocycles. The van der Waals surface area contributed by atoms with Gasteiger partial charge in [-0.05, 0) is 36.0 Å². The maximum atomic E-state index is 11.4. The van der Waals surface area contributed by atoms with Gasteiger partial charge in [0.15, 0.2) is 0 Å². The van der Waals surface area contributed by atoms with Crippen molar-refractivity contribution < 1.29 is 14.0 Å². The summed E-state index contributed by atoms with van der Waals surface area (Å²) in [5, 5.41) is 0. The van der Waals surface area contributed by atoms with Gasteiger partial charge >= 0.3 is 5.97 Å². The van der Waals surface area contributed by atoms with Gasteiger partial charge in [-0.15, -0.1) is 0 Å². The third kappa shape index (κ3) is 5.26. The molecule has 0 aromatic carbocycles. The second-order valence-corrected chi connectivity index (χ2v) is 5.10. The van der Waals surface area contributed by atoms with Crippen LogP contribution in [-0.2, 0) is 9.53 Å². The molecule has 0 amide bonds. The smallest absolute Gasteiger partial charge is 0.311 e. The van der Waals surface area contributed by atoms with E-state index >= 15 is 0 Å². The molecule has 1 aliphatic heterocycles. The first kappa shape index (κ1) is 14.8. The lowest BCUT2D eigenvalue weighted by Crippen LogP contribution is -2.52. The van der Waals surface area contributed by atoms with E-state index in [-0.39, 0.29) is 5.97 Å². The van der Waals surface area contributed by atoms with Crippen LogP contribution in [0.4, 0.5) is 0 Å². The van der Waals surface area contributed by atoms with Gasteiger partial charge in [-0.1, -0.05) is 0 Å². The first-order chi connectivity index (χ1) is 8.22. The van der Waals surface area contributed by atoms with Gasteiger partial charge in [0.2, 0.25) is 0 Å². The lowest BCUT2D eigenvalue weighted by molar-refractivity contribution is -0.925. The summed E-state index contributed by atoms with van der Waals surface area (Å²) >= 11 is 2.08. The maximum absolute atomic E-state index is 11.4. The van der Waals surface area contributed by atoms with Crippen LogP contribution in [0.25, 0.3) is 0 Å². The molecule has 0 aromatic rings. The quantitative estimate of drug-likeness (QED) is 0.329. The van der Waals surface area contributed by atoms with Crippen molar-refractivity contribution in [3.05, 3.63) is 0 Å². The molecule has 0 N–H and O–H groups in total. The molecule has 1 rings (SSSR count). The fourth-order valence-electron chi connectivity index (χ4n) is 2.40. The van der Waals surface area contributed by atoms with Crippen molar-refractivity contribution in [1.29, 1.82) is 0 Å². The Bertz CT molecular complexity index is 300. The number of quaternary nitrogens is 1. The molecule has 17 heavy (non-hydrogen) atoms. The Balaban J connectivity index is 2.49. The highest BCUT2D eigenvalue weighted by Gasteiger charge is 2.29. The molecule has 4 heteroatoms. The van der Waals surface area contributed by atoms with Crippen LogP contribution in [0.15, 0.2) is 0 Å². The normalized spacial score (nSPS) is 18.0. The number of halogens is 1. The summed E-state index contributed by atoms with van der Waals surface area (Å²) in [5.74, 6) is 3.10. The van der Waals surface area contributed by atoms with Crippen LogP contribution in [0.2, 0.25) is 0 Å². The van der Waals surface area contributed by atoms with E-state index in [4.69, 9.17) is 4.74 Å². The molecule has 0 unspecified atom stereocenters. The van der Waals surface area contributed by atoms with E-state index in [1.807, 2.05) is 6.92 Å². The minimum absolute atomic E-state index is 0.0713. The Morgan fingerprint density at radius 1 is 1.35 bits per heavy atom. The second kappa shape index (κ2) is 7.93. The summed E-state index contributed by atoms with van der Waals surface area (Å²) in [6.07, 6.45) is 4.35. The highest BCUT2D eigenvalue weighted by Crippen LogP contribution is 2.19. The first-order valence-corrected chi connectivity index (χ1v) is 7.39. The largest absolute Gasteiger partial charge is 0.466 e. The van der Waals surface area contributed by atoms with E-state index in [1.54, 1.807) is 0 Å². The summed E-state index contributed by atoms with van der Waals surface area (Å²) in [7, 11) is 0. The molecule has 0 aliphatic carbocycles. The van der Waals surface area contributed by atoms with Gasteiger partial charge in [-0.2, -0.15) is 0 Å². The van der Waals surface area contributed by atoms with Crippen molar-refractivity contribution in [1.82, 2.24) is 0 Å². The van der Waals surface area contributed by atoms with E-state index < -0.39 is 0 Å². The zero-order valence-electron chi connectivity index (χ0n) is 10.5. The maximum Gasteiger partial charge on any atom is 0.311 e. The van der Waals surface area contributed by atoms with E-state index in [1.165, 1.54) is 19.3 Å². The molecule has 1 heterocycles. The van der Waals surface area contributed by atoms with Crippen LogP contribution in [0, 0.1) is 9.85 Å². The molecular formula is C13H21INO2+. The Kier molecular flexibility index (Phi) is 6.90. The van der Waals surface area contributed by atoms with E-state index in [9.17, 15) is 4.79 Å². The van der Waals surface area contributed by atoms with E-state index in [0.717, 1.165) is 30.7 Å². The molecule has 1 aliphatic rings. The Morgan fingerprint density at radius 2 is 2.06 bits per heavy atom. The molecule has 96 valence electrons. The molecular weight excluding hydrogens is 329 g/mol. The van der Waals surface area contributed by atoms with Crippen molar-refractivity contribution in [3.63, 3.8) is 0 Å². The van der Waals surface area contributed by atoms with Crippen LogP contribution in [0.3, 0.4) is 0 Å². The topological polar surface area (TPSA) is 26.3 Å². The number of nitrogens with zero attached hydrogens (tertiary/aromatic N) is 1. The summed E-state index contributed by atoms with van der Waals surface area (Å²) in [4.78, 5) is 11.4. The van der Waals surface area contributed by atoms with Crippen molar-refractivity contribution in [2.75, 3.05) is 32.8 Å². The molecule has 1 fully saturated rings. The lowest BCUT2D eigenvalue weighted by Gasteiger charge is -2.39. The summed E-state index contributed by atoms with van der Waals surface area (Å²) in [6, 6.07) is 0. The predicted molar refractivity (Wildman–Crippen MR) is 76.6 cm³/mol. The van der Waals surface area contributed by atoms with Gasteiger partial charge in [-0.3, -0.25) is 4.79 Å². The SMILES string of the molecule is CCOC(=O)CC[N+]1(CC#CI)CCCCC1. The second-order valence-electron chi connectivity index (χ2n) is 4.56. The van der Waals surface area contributed by atoms with Crippen LogP contribution >= 0.6 is 22.6 Å². The van der Waals surface area contributed by atoms with Gasteiger partial charge in [0, 0.05) is 22.6 Å². The summed E-state index contributed by atoms with van der Waals surface area (Å²) in [6.45, 7) is 6.40. The van der Waals surface area contributed by atoms with Crippen LogP contribution in [-0.4, -0.2) is 43.2 Å². The number of esters is 1. The summed E-state index contributed by atoms with van der Waals surface area (Å²) < 4.78 is 8.92. The highest BCUT2D eigenvalue weighted by molar-refractivity contribution is 14.1. The van der Waals surface area contributed by atoms with Crippen molar-refractivity contribution in [2.24, 2.45) is 0 Å². The van der Waals surface area contributed by atoms with Crippen molar-refractivity contribution in [3.8, 4) is 9.85 Å². The third-order valence-electron chi connectivity index (χ3n) is 3.34. The highest BCUT2D eigenvalue weighted by atomic mass is 127. The number of likely N-dealkylation sites (tertiary alicyclic amines) is 1. The number of carbonyl (C=O) groups is 1. The molecule has 3 nitrogen and oxygen atoms in total. The third-order valence-corrected chi connectivity index (χ3v) is 3.72.